The molecule has 0 saturated carbocycles. The molecule has 0 aliphatic carbocycles. The highest BCUT2D eigenvalue weighted by Crippen LogP contribution is 2.36. The van der Waals surface area contributed by atoms with Crippen LogP contribution in [0.2, 0.25) is 0 Å². The van der Waals surface area contributed by atoms with E-state index in [4.69, 9.17) is 71.1 Å². The van der Waals surface area contributed by atoms with Gasteiger partial charge >= 0.3 is 0 Å². The fraction of sp³-hybridized carbons (Fsp3) is 0.135. The van der Waals surface area contributed by atoms with Crippen molar-refractivity contribution in [1.82, 2.24) is 0 Å². The van der Waals surface area contributed by atoms with Gasteiger partial charge in [0.05, 0.1) is 4.90 Å². The molecule has 130 heavy (non-hydrogen) atoms. The Bertz CT molecular complexity index is 5480. The first kappa shape index (κ1) is 87.9. The van der Waals surface area contributed by atoms with Crippen LogP contribution in [0.1, 0.15) is 83.5 Å². The van der Waals surface area contributed by atoms with Crippen LogP contribution in [-0.4, -0.2) is 13.0 Å². The monoisotopic (exact) mass is 1750 g/mol. The molecule has 0 aliphatic heterocycles. The lowest BCUT2D eigenvalue weighted by atomic mass is 10.1. The molecule has 0 aromatic heterocycles. The lowest BCUT2D eigenvalue weighted by Crippen LogP contribution is -2.05. The minimum Gasteiger partial charge on any atom is -0.489 e. The summed E-state index contributed by atoms with van der Waals surface area (Å²) in [5, 5.41) is 0. The van der Waals surface area contributed by atoms with Crippen LogP contribution in [-0.2, 0) is 109 Å². The Kier molecular flexibility index (Phi) is 30.4. The number of hydrogen-bond acceptors (Lipinski definition) is 17. The highest BCUT2D eigenvalue weighted by molar-refractivity contribution is 7.85. The average Bonchev–Trinajstić information content (AvgIpc) is 0.645. The topological polar surface area (TPSA) is 193 Å². The van der Waals surface area contributed by atoms with Gasteiger partial charge in [-0.15, -0.1) is 0 Å². The minimum absolute atomic E-state index is 0.000463. The second-order valence-electron chi connectivity index (χ2n) is 30.9. The van der Waals surface area contributed by atoms with Gasteiger partial charge in [0.1, 0.15) is 185 Å². The van der Waals surface area contributed by atoms with Crippen molar-refractivity contribution >= 4 is 10.1 Å². The molecule has 19 heteroatoms. The molecule has 16 aromatic rings. The zero-order chi connectivity index (χ0) is 88.6. The molecule has 654 valence electrons. The van der Waals surface area contributed by atoms with Gasteiger partial charge in [0.2, 0.25) is 0 Å². The third-order valence-electron chi connectivity index (χ3n) is 20.5. The Morgan fingerprint density at radius 1 is 0.138 bits per heavy atom. The summed E-state index contributed by atoms with van der Waals surface area (Å²) in [6, 6.07) is 125. The normalized spacial score (nSPS) is 11.0. The van der Waals surface area contributed by atoms with E-state index in [1.807, 2.05) is 364 Å². The Morgan fingerprint density at radius 3 is 0.377 bits per heavy atom. The van der Waals surface area contributed by atoms with Gasteiger partial charge < -0.3 is 71.1 Å². The van der Waals surface area contributed by atoms with Crippen LogP contribution in [0, 0.1) is 0 Å². The molecular formula is C111H96O18S. The summed E-state index contributed by atoms with van der Waals surface area (Å²) in [6.07, 6.45) is 0. The molecule has 16 aromatic carbocycles. The summed E-state index contributed by atoms with van der Waals surface area (Å²) in [7, 11) is -4.48. The van der Waals surface area contributed by atoms with E-state index in [-0.39, 0.29) is 51.1 Å². The summed E-state index contributed by atoms with van der Waals surface area (Å²) >= 11 is 0. The van der Waals surface area contributed by atoms with Crippen LogP contribution in [0.15, 0.2) is 399 Å². The van der Waals surface area contributed by atoms with Gasteiger partial charge in [-0.3, -0.25) is 4.55 Å². The van der Waals surface area contributed by atoms with E-state index in [1.54, 1.807) is 6.07 Å². The lowest BCUT2D eigenvalue weighted by molar-refractivity contribution is 0.269. The van der Waals surface area contributed by atoms with E-state index in [0.29, 0.717) is 156 Å². The van der Waals surface area contributed by atoms with E-state index in [9.17, 15) is 13.0 Å². The molecule has 0 bridgehead atoms. The van der Waals surface area contributed by atoms with Crippen LogP contribution >= 0.6 is 0 Å². The highest BCUT2D eigenvalue weighted by atomic mass is 32.2. The molecule has 0 saturated heterocycles. The highest BCUT2D eigenvalue weighted by Gasteiger charge is 2.18. The van der Waals surface area contributed by atoms with Gasteiger partial charge in [0.25, 0.3) is 10.1 Å². The molecule has 0 atom stereocenters. The summed E-state index contributed by atoms with van der Waals surface area (Å²) in [6.45, 7) is 3.09. The second kappa shape index (κ2) is 45.0. The molecule has 0 radical (unpaired) electrons. The molecule has 16 rings (SSSR count). The van der Waals surface area contributed by atoms with Gasteiger partial charge in [-0.05, 0) is 193 Å². The molecule has 0 spiro atoms. The van der Waals surface area contributed by atoms with Crippen LogP contribution < -0.4 is 71.1 Å². The first-order chi connectivity index (χ1) is 63.8. The first-order valence-corrected chi connectivity index (χ1v) is 44.1. The van der Waals surface area contributed by atoms with Gasteiger partial charge in [0, 0.05) is 42.5 Å². The Morgan fingerprint density at radius 2 is 0.254 bits per heavy atom. The van der Waals surface area contributed by atoms with Crippen molar-refractivity contribution in [3.05, 3.63) is 478 Å². The van der Waals surface area contributed by atoms with E-state index in [2.05, 4.69) is 0 Å². The van der Waals surface area contributed by atoms with Crippen molar-refractivity contribution in [2.75, 3.05) is 0 Å². The van der Waals surface area contributed by atoms with Crippen molar-refractivity contribution in [3.63, 3.8) is 0 Å². The SMILES string of the molecule is O=S(=O)(O)c1ccc(OCc2cc(OCc3cc(OCc4cc(OCc5ccccc5)cc(OCc5ccccc5)c4)cc(OCc4cc(OCc5ccccc5)cc(OCc5ccccc5)c4)c3)cc(OCc3cc(OCc4cc(OCc5ccccc5)cc(OCc5ccccc5)c4)cc(OCc4cc(OCc5ccccc5)cc(OCc5ccccc5)c4)c3)c2)cc1. The van der Waals surface area contributed by atoms with Gasteiger partial charge in [-0.25, -0.2) is 0 Å². The summed E-state index contributed by atoms with van der Waals surface area (Å²) in [5.41, 5.74) is 13.2. The van der Waals surface area contributed by atoms with Crippen molar-refractivity contribution < 1.29 is 84.0 Å². The Balaban J connectivity index is 0.706. The zero-order valence-electron chi connectivity index (χ0n) is 71.4. The minimum atomic E-state index is -4.48. The van der Waals surface area contributed by atoms with Crippen molar-refractivity contribution in [1.29, 1.82) is 0 Å². The third kappa shape index (κ3) is 28.0. The molecule has 0 aliphatic rings. The predicted molar refractivity (Wildman–Crippen MR) is 498 cm³/mol. The summed E-state index contributed by atoms with van der Waals surface area (Å²) < 4.78 is 133. The number of rotatable bonds is 46. The summed E-state index contributed by atoms with van der Waals surface area (Å²) in [5.74, 6) is 7.88. The number of benzene rings is 16. The molecule has 0 fully saturated rings. The predicted octanol–water partition coefficient (Wildman–Crippen LogP) is 24.6. The average molecular weight is 1750 g/mol. The standard InChI is InChI=1S/C111H96O18S/c112-130(113,114)111-43-41-96(42-44-111)115-74-89-45-105(124-79-94-55-107(126-75-90-47-97(116-66-81-25-9-1-10-26-81)59-98(48-90)117-67-82-27-11-2-12-28-82)64-108(56-94)127-76-91-49-99(118-68-83-29-13-3-14-30-83)60-100(50-91)119-69-84-31-15-4-16-32-84)63-106(46-89)125-80-95-57-109(128-77-92-51-101(120-70-85-33-17-5-18-34-85)61-102(52-92)121-71-86-35-19-6-20-36-86)65-110(58-95)129-78-93-53-103(122-72-87-37-21-7-22-38-87)62-104(54-93)123-73-88-39-23-8-24-40-88/h1-65H,66-80H2,(H,112,113,114). The first-order valence-electron chi connectivity index (χ1n) is 42.6. The summed E-state index contributed by atoms with van der Waals surface area (Å²) in [4.78, 5) is -0.279. The fourth-order valence-corrected chi connectivity index (χ4v) is 14.4. The van der Waals surface area contributed by atoms with Gasteiger partial charge in [0.15, 0.2) is 0 Å². The third-order valence-corrected chi connectivity index (χ3v) is 21.4. The number of ether oxygens (including phenoxy) is 15. The Labute approximate surface area is 757 Å². The van der Waals surface area contributed by atoms with Crippen LogP contribution in [0.5, 0.6) is 86.2 Å². The second-order valence-corrected chi connectivity index (χ2v) is 32.3. The lowest BCUT2D eigenvalue weighted by Gasteiger charge is -2.17. The molecule has 1 N–H and O–H groups in total. The Hall–Kier alpha value is -15.6. The quantitative estimate of drug-likeness (QED) is 0.0354. The zero-order valence-corrected chi connectivity index (χ0v) is 72.2. The molecule has 0 heterocycles. The van der Waals surface area contributed by atoms with Crippen LogP contribution in [0.4, 0.5) is 0 Å². The van der Waals surface area contributed by atoms with E-state index in [0.717, 1.165) is 66.8 Å². The molecule has 0 amide bonds. The van der Waals surface area contributed by atoms with Crippen molar-refractivity contribution in [2.45, 2.75) is 104 Å². The molecule has 18 nitrogen and oxygen atoms in total. The maximum Gasteiger partial charge on any atom is 0.294 e. The number of hydrogen-bond donors (Lipinski definition) is 1. The van der Waals surface area contributed by atoms with Crippen LogP contribution in [0.25, 0.3) is 0 Å². The molecular weight excluding hydrogens is 1650 g/mol. The van der Waals surface area contributed by atoms with Crippen LogP contribution in [0.3, 0.4) is 0 Å². The maximum absolute atomic E-state index is 12.1. The van der Waals surface area contributed by atoms with Crippen molar-refractivity contribution in [2.24, 2.45) is 0 Å². The fourth-order valence-electron chi connectivity index (χ4n) is 14.0. The largest absolute Gasteiger partial charge is 0.489 e. The van der Waals surface area contributed by atoms with Gasteiger partial charge in [-0.1, -0.05) is 243 Å². The van der Waals surface area contributed by atoms with Crippen molar-refractivity contribution in [3.8, 4) is 86.2 Å². The van der Waals surface area contributed by atoms with Gasteiger partial charge in [-0.2, -0.15) is 8.42 Å². The maximum atomic E-state index is 12.1. The van der Waals surface area contributed by atoms with E-state index >= 15 is 0 Å². The van der Waals surface area contributed by atoms with E-state index in [1.165, 1.54) is 24.3 Å². The van der Waals surface area contributed by atoms with E-state index < -0.39 is 10.1 Å². The smallest absolute Gasteiger partial charge is 0.294 e. The molecule has 0 unspecified atom stereocenters.